The second kappa shape index (κ2) is 6.02. The van der Waals surface area contributed by atoms with Gasteiger partial charge in [-0.1, -0.05) is 12.1 Å². The number of hydrogen-bond acceptors (Lipinski definition) is 3. The van der Waals surface area contributed by atoms with E-state index in [-0.39, 0.29) is 11.6 Å². The van der Waals surface area contributed by atoms with E-state index in [1.54, 1.807) is 18.2 Å². The van der Waals surface area contributed by atoms with Crippen molar-refractivity contribution in [2.45, 2.75) is 19.0 Å². The van der Waals surface area contributed by atoms with Crippen LogP contribution < -0.4 is 10.2 Å². The number of halogens is 3. The molecule has 0 atom stereocenters. The summed E-state index contributed by atoms with van der Waals surface area (Å²) in [6.07, 6.45) is -4.69. The van der Waals surface area contributed by atoms with Crippen LogP contribution in [-0.2, 0) is 9.53 Å². The molecule has 0 spiro atoms. The van der Waals surface area contributed by atoms with Gasteiger partial charge in [-0.2, -0.15) is 13.2 Å². The molecule has 0 aromatic heterocycles. The molecule has 1 heterocycles. The van der Waals surface area contributed by atoms with Crippen LogP contribution in [0.2, 0.25) is 0 Å². The molecule has 21 heavy (non-hydrogen) atoms. The standard InChI is InChI=1S/C13H13F3N2O3/c14-13(15,16)8-21-12(20)17-9-4-1-2-5-10(9)18-7-3-6-11(18)19/h1-2,4-5H,3,6-8H2,(H,17,20). The van der Waals surface area contributed by atoms with Crippen molar-refractivity contribution in [2.24, 2.45) is 0 Å². The van der Waals surface area contributed by atoms with E-state index >= 15 is 0 Å². The highest BCUT2D eigenvalue weighted by molar-refractivity contribution is 6.00. The molecule has 1 aromatic carbocycles. The summed E-state index contributed by atoms with van der Waals surface area (Å²) in [7, 11) is 0. The second-order valence-corrected chi connectivity index (χ2v) is 4.48. The Hall–Kier alpha value is -2.25. The van der Waals surface area contributed by atoms with Crippen LogP contribution in [0.15, 0.2) is 24.3 Å². The van der Waals surface area contributed by atoms with Gasteiger partial charge in [-0.25, -0.2) is 4.79 Å². The first kappa shape index (κ1) is 15.1. The first-order valence-corrected chi connectivity index (χ1v) is 6.27. The molecule has 8 heteroatoms. The largest absolute Gasteiger partial charge is 0.440 e. The lowest BCUT2D eigenvalue weighted by Gasteiger charge is -2.19. The van der Waals surface area contributed by atoms with E-state index in [9.17, 15) is 22.8 Å². The highest BCUT2D eigenvalue weighted by Gasteiger charge is 2.30. The first-order valence-electron chi connectivity index (χ1n) is 6.27. The van der Waals surface area contributed by atoms with Crippen molar-refractivity contribution >= 4 is 23.4 Å². The molecule has 2 amide bonds. The topological polar surface area (TPSA) is 58.6 Å². The molecular weight excluding hydrogens is 289 g/mol. The summed E-state index contributed by atoms with van der Waals surface area (Å²) in [6, 6.07) is 6.38. The third-order valence-corrected chi connectivity index (χ3v) is 2.87. The molecule has 1 aliphatic heterocycles. The quantitative estimate of drug-likeness (QED) is 0.934. The number of alkyl halides is 3. The van der Waals surface area contributed by atoms with Gasteiger partial charge in [-0.3, -0.25) is 10.1 Å². The van der Waals surface area contributed by atoms with Crippen molar-refractivity contribution in [3.63, 3.8) is 0 Å². The summed E-state index contributed by atoms with van der Waals surface area (Å²) in [5, 5.41) is 2.23. The molecule has 0 radical (unpaired) electrons. The lowest BCUT2D eigenvalue weighted by Crippen LogP contribution is -2.27. The van der Waals surface area contributed by atoms with Gasteiger partial charge in [0, 0.05) is 13.0 Å². The summed E-state index contributed by atoms with van der Waals surface area (Å²) in [5.41, 5.74) is 0.684. The second-order valence-electron chi connectivity index (χ2n) is 4.48. The third kappa shape index (κ3) is 4.11. The van der Waals surface area contributed by atoms with Crippen LogP contribution in [-0.4, -0.2) is 31.3 Å². The van der Waals surface area contributed by atoms with Crippen molar-refractivity contribution in [2.75, 3.05) is 23.4 Å². The maximum absolute atomic E-state index is 12.0. The average Bonchev–Trinajstić information content (AvgIpc) is 2.82. The summed E-state index contributed by atoms with van der Waals surface area (Å²) in [6.45, 7) is -1.15. The minimum Gasteiger partial charge on any atom is -0.440 e. The lowest BCUT2D eigenvalue weighted by molar-refractivity contribution is -0.159. The number of nitrogens with one attached hydrogen (secondary N) is 1. The van der Waals surface area contributed by atoms with E-state index in [1.807, 2.05) is 0 Å². The average molecular weight is 302 g/mol. The fourth-order valence-corrected chi connectivity index (χ4v) is 2.01. The number of ether oxygens (including phenoxy) is 1. The van der Waals surface area contributed by atoms with Crippen LogP contribution >= 0.6 is 0 Å². The van der Waals surface area contributed by atoms with E-state index in [1.165, 1.54) is 11.0 Å². The van der Waals surface area contributed by atoms with E-state index in [4.69, 9.17) is 0 Å². The van der Waals surface area contributed by atoms with Gasteiger partial charge in [0.15, 0.2) is 6.61 Å². The first-order chi connectivity index (χ1) is 9.87. The van der Waals surface area contributed by atoms with Crippen molar-refractivity contribution in [3.8, 4) is 0 Å². The van der Waals surface area contributed by atoms with Gasteiger partial charge in [-0.15, -0.1) is 0 Å². The normalized spacial score (nSPS) is 15.2. The number of carbonyl (C=O) groups excluding carboxylic acids is 2. The predicted molar refractivity (Wildman–Crippen MR) is 69.1 cm³/mol. The minimum absolute atomic E-state index is 0.0899. The molecule has 1 saturated heterocycles. The zero-order valence-corrected chi connectivity index (χ0v) is 10.9. The van der Waals surface area contributed by atoms with Gasteiger partial charge >= 0.3 is 12.3 Å². The van der Waals surface area contributed by atoms with Crippen molar-refractivity contribution in [1.29, 1.82) is 0 Å². The Balaban J connectivity index is 2.06. The maximum atomic E-state index is 12.0. The Morgan fingerprint density at radius 1 is 1.33 bits per heavy atom. The zero-order chi connectivity index (χ0) is 15.5. The van der Waals surface area contributed by atoms with Crippen LogP contribution in [0.5, 0.6) is 0 Å². The predicted octanol–water partition coefficient (Wildman–Crippen LogP) is 2.92. The molecule has 114 valence electrons. The monoisotopic (exact) mass is 302 g/mol. The highest BCUT2D eigenvalue weighted by atomic mass is 19.4. The number of rotatable bonds is 3. The molecule has 1 N–H and O–H groups in total. The number of para-hydroxylation sites is 2. The Morgan fingerprint density at radius 3 is 2.67 bits per heavy atom. The minimum atomic E-state index is -4.58. The van der Waals surface area contributed by atoms with Gasteiger partial charge in [0.25, 0.3) is 0 Å². The number of hydrogen-bond donors (Lipinski definition) is 1. The molecule has 1 aliphatic rings. The molecule has 0 aliphatic carbocycles. The van der Waals surface area contributed by atoms with Crippen LogP contribution in [0.4, 0.5) is 29.3 Å². The van der Waals surface area contributed by atoms with E-state index < -0.39 is 18.9 Å². The highest BCUT2D eigenvalue weighted by Crippen LogP contribution is 2.29. The smallest absolute Gasteiger partial charge is 0.422 e. The van der Waals surface area contributed by atoms with E-state index in [0.717, 1.165) is 0 Å². The summed E-state index contributed by atoms with van der Waals surface area (Å²) in [4.78, 5) is 24.6. The van der Waals surface area contributed by atoms with Gasteiger partial charge in [0.05, 0.1) is 11.4 Å². The molecule has 0 bridgehead atoms. The number of nitrogens with zero attached hydrogens (tertiary/aromatic N) is 1. The van der Waals surface area contributed by atoms with E-state index in [2.05, 4.69) is 10.1 Å². The Kier molecular flexibility index (Phi) is 4.35. The Bertz CT molecular complexity index is 546. The van der Waals surface area contributed by atoms with Gasteiger partial charge < -0.3 is 9.64 Å². The Morgan fingerprint density at radius 2 is 2.05 bits per heavy atom. The van der Waals surface area contributed by atoms with Crippen LogP contribution in [0, 0.1) is 0 Å². The fraction of sp³-hybridized carbons (Fsp3) is 0.385. The SMILES string of the molecule is O=C(Nc1ccccc1N1CCCC1=O)OCC(F)(F)F. The van der Waals surface area contributed by atoms with Crippen LogP contribution in [0.3, 0.4) is 0 Å². The zero-order valence-electron chi connectivity index (χ0n) is 10.9. The van der Waals surface area contributed by atoms with Crippen molar-refractivity contribution in [1.82, 2.24) is 0 Å². The summed E-state index contributed by atoms with van der Waals surface area (Å²) < 4.78 is 40.0. The van der Waals surface area contributed by atoms with Crippen LogP contribution in [0.25, 0.3) is 0 Å². The number of anilines is 2. The molecular formula is C13H13F3N2O3. The molecule has 1 aromatic rings. The van der Waals surface area contributed by atoms with Gasteiger partial charge in [-0.05, 0) is 18.6 Å². The van der Waals surface area contributed by atoms with Gasteiger partial charge in [0.1, 0.15) is 0 Å². The summed E-state index contributed by atoms with van der Waals surface area (Å²) in [5.74, 6) is -0.0899. The van der Waals surface area contributed by atoms with Crippen molar-refractivity contribution in [3.05, 3.63) is 24.3 Å². The molecule has 0 saturated carbocycles. The maximum Gasteiger partial charge on any atom is 0.422 e. The van der Waals surface area contributed by atoms with Gasteiger partial charge in [0.2, 0.25) is 5.91 Å². The molecule has 1 fully saturated rings. The third-order valence-electron chi connectivity index (χ3n) is 2.87. The van der Waals surface area contributed by atoms with Crippen LogP contribution in [0.1, 0.15) is 12.8 Å². The number of benzene rings is 1. The fourth-order valence-electron chi connectivity index (χ4n) is 2.01. The molecule has 0 unspecified atom stereocenters. The summed E-state index contributed by atoms with van der Waals surface area (Å²) >= 11 is 0. The molecule has 2 rings (SSSR count). The Labute approximate surface area is 118 Å². The molecule has 5 nitrogen and oxygen atoms in total. The number of carbonyl (C=O) groups is 2. The lowest BCUT2D eigenvalue weighted by atomic mass is 10.2. The van der Waals surface area contributed by atoms with Crippen molar-refractivity contribution < 1.29 is 27.5 Å². The van der Waals surface area contributed by atoms with E-state index in [0.29, 0.717) is 25.1 Å². The number of amides is 2.